The third kappa shape index (κ3) is 3.31. The number of carboxylic acid groups (broad SMARTS) is 1. The number of nitrogens with zero attached hydrogens (tertiary/aromatic N) is 1. The van der Waals surface area contributed by atoms with Crippen LogP contribution < -0.4 is 0 Å². The SMILES string of the molecule is CN(Cc1ccccc1O)C1(CC(=O)O)CCCCC1. The van der Waals surface area contributed by atoms with Gasteiger partial charge in [-0.25, -0.2) is 0 Å². The van der Waals surface area contributed by atoms with E-state index in [0.717, 1.165) is 31.2 Å². The Kier molecular flexibility index (Phi) is 4.65. The van der Waals surface area contributed by atoms with Crippen LogP contribution in [0.1, 0.15) is 44.1 Å². The van der Waals surface area contributed by atoms with Gasteiger partial charge in [-0.15, -0.1) is 0 Å². The van der Waals surface area contributed by atoms with Crippen LogP contribution in [0, 0.1) is 0 Å². The van der Waals surface area contributed by atoms with E-state index in [2.05, 4.69) is 4.90 Å². The molecule has 0 aliphatic heterocycles. The van der Waals surface area contributed by atoms with E-state index in [-0.39, 0.29) is 17.7 Å². The van der Waals surface area contributed by atoms with Crippen LogP contribution >= 0.6 is 0 Å². The zero-order valence-corrected chi connectivity index (χ0v) is 12.0. The Balaban J connectivity index is 2.16. The van der Waals surface area contributed by atoms with Gasteiger partial charge in [-0.05, 0) is 26.0 Å². The molecule has 0 unspecified atom stereocenters. The van der Waals surface area contributed by atoms with Crippen molar-refractivity contribution in [2.24, 2.45) is 0 Å². The maximum Gasteiger partial charge on any atom is 0.305 e. The molecule has 110 valence electrons. The van der Waals surface area contributed by atoms with Gasteiger partial charge >= 0.3 is 5.97 Å². The van der Waals surface area contributed by atoms with Gasteiger partial charge in [0.25, 0.3) is 0 Å². The second kappa shape index (κ2) is 6.27. The van der Waals surface area contributed by atoms with Gasteiger partial charge in [0.05, 0.1) is 6.42 Å². The van der Waals surface area contributed by atoms with Gasteiger partial charge < -0.3 is 10.2 Å². The topological polar surface area (TPSA) is 60.8 Å². The lowest BCUT2D eigenvalue weighted by Gasteiger charge is -2.44. The highest BCUT2D eigenvalue weighted by atomic mass is 16.4. The van der Waals surface area contributed by atoms with E-state index in [1.165, 1.54) is 6.42 Å². The number of carbonyl (C=O) groups is 1. The van der Waals surface area contributed by atoms with Crippen LogP contribution in [0.2, 0.25) is 0 Å². The first-order valence-corrected chi connectivity index (χ1v) is 7.23. The number of para-hydroxylation sites is 1. The molecule has 20 heavy (non-hydrogen) atoms. The van der Waals surface area contributed by atoms with Gasteiger partial charge in [-0.1, -0.05) is 37.5 Å². The Labute approximate surface area is 120 Å². The van der Waals surface area contributed by atoms with Crippen molar-refractivity contribution in [1.82, 2.24) is 4.90 Å². The molecule has 1 saturated carbocycles. The normalized spacial score (nSPS) is 18.1. The van der Waals surface area contributed by atoms with E-state index in [0.29, 0.717) is 6.54 Å². The maximum absolute atomic E-state index is 11.2. The highest BCUT2D eigenvalue weighted by Crippen LogP contribution is 2.37. The fourth-order valence-electron chi connectivity index (χ4n) is 3.25. The van der Waals surface area contributed by atoms with Crippen LogP contribution in [0.15, 0.2) is 24.3 Å². The molecule has 1 aliphatic rings. The molecule has 0 atom stereocenters. The fraction of sp³-hybridized carbons (Fsp3) is 0.562. The van der Waals surface area contributed by atoms with Gasteiger partial charge in [-0.3, -0.25) is 9.69 Å². The van der Waals surface area contributed by atoms with Crippen molar-refractivity contribution in [3.63, 3.8) is 0 Å². The lowest BCUT2D eigenvalue weighted by Crippen LogP contribution is -2.49. The van der Waals surface area contributed by atoms with E-state index in [1.54, 1.807) is 12.1 Å². The number of phenolic OH excluding ortho intramolecular Hbond substituents is 1. The molecule has 2 N–H and O–H groups in total. The van der Waals surface area contributed by atoms with E-state index in [1.807, 2.05) is 19.2 Å². The summed E-state index contributed by atoms with van der Waals surface area (Å²) in [7, 11) is 1.97. The summed E-state index contributed by atoms with van der Waals surface area (Å²) in [4.78, 5) is 13.3. The summed E-state index contributed by atoms with van der Waals surface area (Å²) in [5.41, 5.74) is 0.581. The molecule has 4 heteroatoms. The van der Waals surface area contributed by atoms with Crippen LogP contribution in [0.5, 0.6) is 5.75 Å². The molecular weight excluding hydrogens is 254 g/mol. The molecule has 0 bridgehead atoms. The summed E-state index contributed by atoms with van der Waals surface area (Å²) in [6.07, 6.45) is 5.37. The number of rotatable bonds is 5. The number of carboxylic acids is 1. The first-order chi connectivity index (χ1) is 9.53. The van der Waals surface area contributed by atoms with Gasteiger partial charge in [0, 0.05) is 17.6 Å². The first kappa shape index (κ1) is 14.9. The van der Waals surface area contributed by atoms with Gasteiger partial charge in [-0.2, -0.15) is 0 Å². The Morgan fingerprint density at radius 3 is 2.50 bits per heavy atom. The zero-order chi connectivity index (χ0) is 14.6. The molecule has 1 aromatic rings. The van der Waals surface area contributed by atoms with Crippen LogP contribution in [0.3, 0.4) is 0 Å². The largest absolute Gasteiger partial charge is 0.508 e. The molecular formula is C16H23NO3. The third-order valence-corrected chi connectivity index (χ3v) is 4.47. The molecule has 4 nitrogen and oxygen atoms in total. The minimum absolute atomic E-state index is 0.178. The summed E-state index contributed by atoms with van der Waals surface area (Å²) < 4.78 is 0. The van der Waals surface area contributed by atoms with Crippen molar-refractivity contribution in [3.05, 3.63) is 29.8 Å². The predicted molar refractivity (Wildman–Crippen MR) is 77.6 cm³/mol. The molecule has 0 radical (unpaired) electrons. The standard InChI is InChI=1S/C16H23NO3/c1-17(12-13-7-3-4-8-14(13)18)16(11-15(19)20)9-5-2-6-10-16/h3-4,7-8,18H,2,5-6,9-12H2,1H3,(H,19,20). The third-order valence-electron chi connectivity index (χ3n) is 4.47. The summed E-state index contributed by atoms with van der Waals surface area (Å²) in [6.45, 7) is 0.583. The molecule has 1 fully saturated rings. The first-order valence-electron chi connectivity index (χ1n) is 7.23. The average Bonchev–Trinajstić information content (AvgIpc) is 2.41. The molecule has 0 saturated heterocycles. The van der Waals surface area contributed by atoms with E-state index in [9.17, 15) is 15.0 Å². The Morgan fingerprint density at radius 2 is 1.90 bits per heavy atom. The number of hydrogen-bond donors (Lipinski definition) is 2. The molecule has 0 aromatic heterocycles. The molecule has 1 aliphatic carbocycles. The maximum atomic E-state index is 11.2. The Hall–Kier alpha value is -1.55. The van der Waals surface area contributed by atoms with Crippen molar-refractivity contribution >= 4 is 5.97 Å². The van der Waals surface area contributed by atoms with Crippen LogP contribution in [-0.4, -0.2) is 33.7 Å². The molecule has 0 heterocycles. The minimum atomic E-state index is -0.740. The Morgan fingerprint density at radius 1 is 1.25 bits per heavy atom. The van der Waals surface area contributed by atoms with Crippen molar-refractivity contribution in [2.75, 3.05) is 7.05 Å². The second-order valence-electron chi connectivity index (χ2n) is 5.84. The van der Waals surface area contributed by atoms with E-state index >= 15 is 0 Å². The summed E-state index contributed by atoms with van der Waals surface area (Å²) in [5, 5.41) is 19.1. The highest BCUT2D eigenvalue weighted by molar-refractivity contribution is 5.68. The summed E-state index contributed by atoms with van der Waals surface area (Å²) in [6, 6.07) is 7.26. The number of aliphatic carboxylic acids is 1. The van der Waals surface area contributed by atoms with Gasteiger partial charge in [0.15, 0.2) is 0 Å². The van der Waals surface area contributed by atoms with Crippen LogP contribution in [0.4, 0.5) is 0 Å². The second-order valence-corrected chi connectivity index (χ2v) is 5.84. The molecule has 2 rings (SSSR count). The quantitative estimate of drug-likeness (QED) is 0.868. The van der Waals surface area contributed by atoms with Crippen molar-refractivity contribution in [3.8, 4) is 5.75 Å². The number of aromatic hydroxyl groups is 1. The fourth-order valence-corrected chi connectivity index (χ4v) is 3.25. The summed E-state index contributed by atoms with van der Waals surface area (Å²) >= 11 is 0. The van der Waals surface area contributed by atoms with Gasteiger partial charge in [0.1, 0.15) is 5.75 Å². The molecule has 0 spiro atoms. The van der Waals surface area contributed by atoms with Crippen LogP contribution in [0.25, 0.3) is 0 Å². The number of benzene rings is 1. The highest BCUT2D eigenvalue weighted by Gasteiger charge is 2.38. The van der Waals surface area contributed by atoms with E-state index in [4.69, 9.17) is 0 Å². The lowest BCUT2D eigenvalue weighted by molar-refractivity contribution is -0.141. The lowest BCUT2D eigenvalue weighted by atomic mass is 9.78. The average molecular weight is 277 g/mol. The van der Waals surface area contributed by atoms with Gasteiger partial charge in [0.2, 0.25) is 0 Å². The smallest absolute Gasteiger partial charge is 0.305 e. The predicted octanol–water partition coefficient (Wildman–Crippen LogP) is 3.00. The molecule has 1 aromatic carbocycles. The Bertz CT molecular complexity index is 467. The van der Waals surface area contributed by atoms with Crippen molar-refractivity contribution < 1.29 is 15.0 Å². The zero-order valence-electron chi connectivity index (χ0n) is 12.0. The number of phenols is 1. The van der Waals surface area contributed by atoms with Crippen LogP contribution in [-0.2, 0) is 11.3 Å². The van der Waals surface area contributed by atoms with E-state index < -0.39 is 5.97 Å². The minimum Gasteiger partial charge on any atom is -0.508 e. The van der Waals surface area contributed by atoms with Crippen molar-refractivity contribution in [1.29, 1.82) is 0 Å². The summed E-state index contributed by atoms with van der Waals surface area (Å²) in [5.74, 6) is -0.461. The number of hydrogen-bond acceptors (Lipinski definition) is 3. The van der Waals surface area contributed by atoms with Crippen molar-refractivity contribution in [2.45, 2.75) is 50.6 Å². The molecule has 0 amide bonds. The monoisotopic (exact) mass is 277 g/mol.